The number of carbonyl (C=O) groups is 1. The van der Waals surface area contributed by atoms with Gasteiger partial charge in [0.1, 0.15) is 4.90 Å². The summed E-state index contributed by atoms with van der Waals surface area (Å²) >= 11 is 8.52. The van der Waals surface area contributed by atoms with E-state index in [0.29, 0.717) is 4.48 Å². The highest BCUT2D eigenvalue weighted by Crippen LogP contribution is 2.24. The third-order valence-corrected chi connectivity index (χ3v) is 3.88. The van der Waals surface area contributed by atoms with E-state index in [-0.39, 0.29) is 11.6 Å². The van der Waals surface area contributed by atoms with E-state index in [0.717, 1.165) is 12.1 Å². The molecule has 0 bridgehead atoms. The highest BCUT2D eigenvalue weighted by atomic mass is 79.9. The first kappa shape index (κ1) is 16.1. The maximum Gasteiger partial charge on any atom is 0.338 e. The van der Waals surface area contributed by atoms with E-state index in [4.69, 9.17) is 16.7 Å². The van der Waals surface area contributed by atoms with E-state index in [9.17, 15) is 17.6 Å². The molecule has 0 unspecified atom stereocenters. The molecule has 0 saturated heterocycles. The largest absolute Gasteiger partial charge is 0.478 e. The van der Waals surface area contributed by atoms with Crippen LogP contribution in [-0.2, 0) is 10.0 Å². The average molecular weight is 373 g/mol. The number of carboxylic acids is 1. The number of hydrogen-bond acceptors (Lipinski definition) is 3. The summed E-state index contributed by atoms with van der Waals surface area (Å²) in [6, 6.07) is 1.67. The van der Waals surface area contributed by atoms with Crippen molar-refractivity contribution in [3.8, 4) is 0 Å². The van der Waals surface area contributed by atoms with Gasteiger partial charge in [0.2, 0.25) is 10.0 Å². The van der Waals surface area contributed by atoms with Crippen LogP contribution in [0, 0.1) is 5.82 Å². The zero-order chi connectivity index (χ0) is 14.8. The van der Waals surface area contributed by atoms with E-state index in [1.54, 1.807) is 0 Å². The quantitative estimate of drug-likeness (QED) is 0.831. The predicted octanol–water partition coefficient (Wildman–Crippen LogP) is 2.36. The predicted molar refractivity (Wildman–Crippen MR) is 71.6 cm³/mol. The number of aromatic carboxylic acids is 1. The summed E-state index contributed by atoms with van der Waals surface area (Å²) in [5.41, 5.74) is -0.814. The summed E-state index contributed by atoms with van der Waals surface area (Å²) in [4.78, 5) is 9.96. The Morgan fingerprint density at radius 1 is 1.53 bits per heavy atom. The van der Waals surface area contributed by atoms with Crippen molar-refractivity contribution in [2.24, 2.45) is 0 Å². The lowest BCUT2D eigenvalue weighted by molar-refractivity contribution is 0.0691. The van der Waals surface area contributed by atoms with Crippen LogP contribution in [0.15, 0.2) is 28.1 Å². The second kappa shape index (κ2) is 6.00. The number of halogens is 3. The SMILES string of the molecule is C=C(Br)CNS(=O)(=O)c1cc(Cl)cc(C(=O)O)c1F. The molecule has 0 radical (unpaired) electrons. The van der Waals surface area contributed by atoms with Gasteiger partial charge in [-0.2, -0.15) is 0 Å². The minimum absolute atomic E-state index is 0.170. The molecule has 0 saturated carbocycles. The molecule has 5 nitrogen and oxygen atoms in total. The second-order valence-electron chi connectivity index (χ2n) is 3.41. The monoisotopic (exact) mass is 371 g/mol. The number of hydrogen-bond donors (Lipinski definition) is 2. The molecule has 0 fully saturated rings. The molecule has 104 valence electrons. The van der Waals surface area contributed by atoms with E-state index in [1.165, 1.54) is 0 Å². The first-order chi connectivity index (χ1) is 8.65. The molecule has 0 aromatic heterocycles. The summed E-state index contributed by atoms with van der Waals surface area (Å²) in [7, 11) is -4.23. The van der Waals surface area contributed by atoms with Crippen LogP contribution in [0.4, 0.5) is 4.39 Å². The normalized spacial score (nSPS) is 11.3. The van der Waals surface area contributed by atoms with Crippen LogP contribution in [0.5, 0.6) is 0 Å². The van der Waals surface area contributed by atoms with E-state index in [1.807, 2.05) is 4.72 Å². The molecule has 9 heteroatoms. The van der Waals surface area contributed by atoms with Crippen molar-refractivity contribution < 1.29 is 22.7 Å². The van der Waals surface area contributed by atoms with Crippen LogP contribution in [0.25, 0.3) is 0 Å². The Bertz CT molecular complexity index is 647. The van der Waals surface area contributed by atoms with E-state index < -0.39 is 32.3 Å². The topological polar surface area (TPSA) is 83.5 Å². The van der Waals surface area contributed by atoms with Crippen LogP contribution in [0.1, 0.15) is 10.4 Å². The Kier molecular flexibility index (Phi) is 5.08. The minimum Gasteiger partial charge on any atom is -0.478 e. The molecule has 0 atom stereocenters. The fraction of sp³-hybridized carbons (Fsp3) is 0.100. The van der Waals surface area contributed by atoms with Gasteiger partial charge in [-0.1, -0.05) is 34.1 Å². The zero-order valence-corrected chi connectivity index (χ0v) is 12.4. The van der Waals surface area contributed by atoms with Gasteiger partial charge >= 0.3 is 5.97 Å². The lowest BCUT2D eigenvalue weighted by Crippen LogP contribution is -2.26. The summed E-state index contributed by atoms with van der Waals surface area (Å²) in [6.07, 6.45) is 0. The smallest absolute Gasteiger partial charge is 0.338 e. The van der Waals surface area contributed by atoms with Gasteiger partial charge in [-0.25, -0.2) is 22.3 Å². The van der Waals surface area contributed by atoms with Gasteiger partial charge in [-0.05, 0) is 12.1 Å². The first-order valence-electron chi connectivity index (χ1n) is 4.70. The van der Waals surface area contributed by atoms with Crippen LogP contribution in [0.2, 0.25) is 5.02 Å². The molecule has 0 aliphatic heterocycles. The Labute approximate surface area is 122 Å². The summed E-state index contributed by atoms with van der Waals surface area (Å²) in [5.74, 6) is -2.98. The molecule has 19 heavy (non-hydrogen) atoms. The number of benzene rings is 1. The summed E-state index contributed by atoms with van der Waals surface area (Å²) in [6.45, 7) is 3.24. The van der Waals surface area contributed by atoms with Crippen molar-refractivity contribution in [3.63, 3.8) is 0 Å². The summed E-state index contributed by atoms with van der Waals surface area (Å²) in [5, 5.41) is 8.57. The first-order valence-corrected chi connectivity index (χ1v) is 7.36. The van der Waals surface area contributed by atoms with Crippen LogP contribution in [0.3, 0.4) is 0 Å². The average Bonchev–Trinajstić information content (AvgIpc) is 2.28. The van der Waals surface area contributed by atoms with Crippen LogP contribution in [-0.4, -0.2) is 26.0 Å². The van der Waals surface area contributed by atoms with Crippen molar-refractivity contribution in [1.82, 2.24) is 4.72 Å². The molecule has 0 aliphatic rings. The van der Waals surface area contributed by atoms with Crippen molar-refractivity contribution >= 4 is 43.5 Å². The van der Waals surface area contributed by atoms with Gasteiger partial charge in [-0.3, -0.25) is 0 Å². The molecule has 0 aliphatic carbocycles. The Morgan fingerprint density at radius 3 is 2.58 bits per heavy atom. The summed E-state index contributed by atoms with van der Waals surface area (Å²) < 4.78 is 39.8. The highest BCUT2D eigenvalue weighted by Gasteiger charge is 2.24. The molecule has 1 rings (SSSR count). The Balaban J connectivity index is 3.34. The van der Waals surface area contributed by atoms with Crippen molar-refractivity contribution in [2.75, 3.05) is 6.54 Å². The molecular weight excluding hydrogens is 365 g/mol. The molecular formula is C10H8BrClFNO4S. The molecule has 2 N–H and O–H groups in total. The van der Waals surface area contributed by atoms with Gasteiger partial charge in [0.25, 0.3) is 0 Å². The number of rotatable bonds is 5. The third kappa shape index (κ3) is 4.00. The maximum absolute atomic E-state index is 13.8. The fourth-order valence-electron chi connectivity index (χ4n) is 1.17. The Hall–Kier alpha value is -0.960. The van der Waals surface area contributed by atoms with Gasteiger partial charge in [-0.15, -0.1) is 0 Å². The van der Waals surface area contributed by atoms with Crippen molar-refractivity contribution in [1.29, 1.82) is 0 Å². The lowest BCUT2D eigenvalue weighted by Gasteiger charge is -2.09. The van der Waals surface area contributed by atoms with Gasteiger partial charge in [0.15, 0.2) is 5.82 Å². The number of nitrogens with one attached hydrogen (secondary N) is 1. The standard InChI is InChI=1S/C10H8BrClFNO4S/c1-5(11)4-14-19(17,18)8-3-6(12)2-7(9(8)13)10(15)16/h2-3,14H,1,4H2,(H,15,16). The molecule has 0 heterocycles. The van der Waals surface area contributed by atoms with Gasteiger partial charge < -0.3 is 5.11 Å². The molecule has 0 amide bonds. The second-order valence-corrected chi connectivity index (χ2v) is 6.71. The van der Waals surface area contributed by atoms with Crippen molar-refractivity contribution in [3.05, 3.63) is 39.6 Å². The number of carboxylic acid groups (broad SMARTS) is 1. The van der Waals surface area contributed by atoms with Crippen molar-refractivity contribution in [2.45, 2.75) is 4.90 Å². The fourth-order valence-corrected chi connectivity index (χ4v) is 2.92. The van der Waals surface area contributed by atoms with E-state index >= 15 is 0 Å². The molecule has 1 aromatic rings. The molecule has 0 spiro atoms. The molecule has 1 aromatic carbocycles. The highest BCUT2D eigenvalue weighted by molar-refractivity contribution is 9.11. The van der Waals surface area contributed by atoms with E-state index in [2.05, 4.69) is 22.5 Å². The van der Waals surface area contributed by atoms with Crippen LogP contribution >= 0.6 is 27.5 Å². The minimum atomic E-state index is -4.23. The number of sulfonamides is 1. The third-order valence-electron chi connectivity index (χ3n) is 1.98. The maximum atomic E-state index is 13.8. The van der Waals surface area contributed by atoms with Gasteiger partial charge in [0.05, 0.1) is 5.56 Å². The lowest BCUT2D eigenvalue weighted by atomic mass is 10.2. The van der Waals surface area contributed by atoms with Crippen LogP contribution < -0.4 is 4.72 Å². The van der Waals surface area contributed by atoms with Gasteiger partial charge in [0, 0.05) is 16.0 Å². The zero-order valence-electron chi connectivity index (χ0n) is 9.28. The Morgan fingerprint density at radius 2 is 2.11 bits per heavy atom.